The molecule has 0 fully saturated rings. The van der Waals surface area contributed by atoms with Gasteiger partial charge in [-0.2, -0.15) is 0 Å². The zero-order chi connectivity index (χ0) is 15.3. The molecule has 0 radical (unpaired) electrons. The number of carboxylic acid groups (broad SMARTS) is 2. The first-order valence-corrected chi connectivity index (χ1v) is 6.44. The van der Waals surface area contributed by atoms with Gasteiger partial charge in [-0.15, -0.1) is 0 Å². The van der Waals surface area contributed by atoms with Crippen LogP contribution in [-0.2, 0) is 9.59 Å². The number of benzene rings is 1. The van der Waals surface area contributed by atoms with Gasteiger partial charge in [0.05, 0.1) is 17.1 Å². The predicted octanol–water partition coefficient (Wildman–Crippen LogP) is 2.15. The van der Waals surface area contributed by atoms with Crippen LogP contribution in [0, 0.1) is 0 Å². The molecular weight excluding hydrogens is 355 g/mol. The summed E-state index contributed by atoms with van der Waals surface area (Å²) in [6.07, 6.45) is -0.725. The molecular formula is C11H10BrClN2O5. The molecule has 1 unspecified atom stereocenters. The summed E-state index contributed by atoms with van der Waals surface area (Å²) in [5.41, 5.74) is 0.270. The molecule has 1 rings (SSSR count). The predicted molar refractivity (Wildman–Crippen MR) is 75.0 cm³/mol. The zero-order valence-corrected chi connectivity index (χ0v) is 12.2. The Morgan fingerprint density at radius 3 is 2.45 bits per heavy atom. The first-order valence-electron chi connectivity index (χ1n) is 5.26. The molecule has 2 amide bonds. The van der Waals surface area contributed by atoms with E-state index in [9.17, 15) is 14.4 Å². The quantitative estimate of drug-likeness (QED) is 0.638. The molecule has 4 N–H and O–H groups in total. The fraction of sp³-hybridized carbons (Fsp3) is 0.182. The molecule has 0 saturated carbocycles. The summed E-state index contributed by atoms with van der Waals surface area (Å²) in [5, 5.41) is 22.0. The van der Waals surface area contributed by atoms with Crippen LogP contribution >= 0.6 is 27.5 Å². The van der Waals surface area contributed by atoms with Gasteiger partial charge in [-0.3, -0.25) is 4.79 Å². The van der Waals surface area contributed by atoms with Crippen LogP contribution in [0.15, 0.2) is 22.7 Å². The number of urea groups is 1. The number of aliphatic carboxylic acids is 2. The van der Waals surface area contributed by atoms with Crippen molar-refractivity contribution in [3.8, 4) is 0 Å². The molecule has 0 saturated heterocycles. The average Bonchev–Trinajstić information content (AvgIpc) is 2.31. The van der Waals surface area contributed by atoms with Crippen molar-refractivity contribution in [1.29, 1.82) is 0 Å². The van der Waals surface area contributed by atoms with Gasteiger partial charge in [-0.1, -0.05) is 27.5 Å². The molecule has 1 atom stereocenters. The highest BCUT2D eigenvalue weighted by Gasteiger charge is 2.23. The van der Waals surface area contributed by atoms with E-state index in [1.54, 1.807) is 12.1 Å². The Hall–Kier alpha value is -1.80. The molecule has 0 aliphatic carbocycles. The van der Waals surface area contributed by atoms with Crippen molar-refractivity contribution in [2.75, 3.05) is 5.32 Å². The van der Waals surface area contributed by atoms with Crippen LogP contribution in [0.3, 0.4) is 0 Å². The van der Waals surface area contributed by atoms with E-state index in [1.165, 1.54) is 6.07 Å². The monoisotopic (exact) mass is 364 g/mol. The van der Waals surface area contributed by atoms with Crippen molar-refractivity contribution in [2.24, 2.45) is 0 Å². The van der Waals surface area contributed by atoms with E-state index in [0.717, 1.165) is 0 Å². The number of amides is 2. The normalized spacial score (nSPS) is 11.5. The molecule has 1 aromatic carbocycles. The molecule has 9 heteroatoms. The van der Waals surface area contributed by atoms with Gasteiger partial charge in [-0.25, -0.2) is 9.59 Å². The van der Waals surface area contributed by atoms with Gasteiger partial charge in [0.15, 0.2) is 0 Å². The maximum atomic E-state index is 11.6. The summed E-state index contributed by atoms with van der Waals surface area (Å²) in [6.45, 7) is 0. The molecule has 1 aromatic rings. The lowest BCUT2D eigenvalue weighted by Crippen LogP contribution is -2.44. The summed E-state index contributed by atoms with van der Waals surface area (Å²) < 4.78 is 0.711. The van der Waals surface area contributed by atoms with E-state index in [2.05, 4.69) is 21.2 Å². The van der Waals surface area contributed by atoms with E-state index < -0.39 is 30.4 Å². The van der Waals surface area contributed by atoms with E-state index in [1.807, 2.05) is 5.32 Å². The van der Waals surface area contributed by atoms with Crippen molar-refractivity contribution in [3.05, 3.63) is 27.7 Å². The molecule has 0 bridgehead atoms. The number of carboxylic acids is 2. The number of anilines is 1. The molecule has 0 aliphatic rings. The molecule has 0 spiro atoms. The summed E-state index contributed by atoms with van der Waals surface area (Å²) in [6, 6.07) is 2.31. The highest BCUT2D eigenvalue weighted by Crippen LogP contribution is 2.25. The number of hydrogen-bond acceptors (Lipinski definition) is 3. The first-order chi connectivity index (χ1) is 9.29. The van der Waals surface area contributed by atoms with Crippen molar-refractivity contribution >= 4 is 51.2 Å². The smallest absolute Gasteiger partial charge is 0.326 e. The summed E-state index contributed by atoms with van der Waals surface area (Å²) in [7, 11) is 0. The van der Waals surface area contributed by atoms with Crippen LogP contribution in [-0.4, -0.2) is 34.2 Å². The second kappa shape index (κ2) is 7.11. The fourth-order valence-corrected chi connectivity index (χ4v) is 2.00. The first kappa shape index (κ1) is 16.3. The highest BCUT2D eigenvalue weighted by atomic mass is 79.9. The third-order valence-electron chi connectivity index (χ3n) is 2.16. The topological polar surface area (TPSA) is 116 Å². The standard InChI is InChI=1S/C11H10BrClN2O5/c12-5-1-2-7(6(13)3-5)14-11(20)15-8(10(18)19)4-9(16)17/h1-3,8H,4H2,(H,16,17)(H,18,19)(H2,14,15,20). The SMILES string of the molecule is O=C(O)CC(NC(=O)Nc1ccc(Br)cc1Cl)C(=O)O. The van der Waals surface area contributed by atoms with Gasteiger partial charge in [0.1, 0.15) is 6.04 Å². The highest BCUT2D eigenvalue weighted by molar-refractivity contribution is 9.10. The minimum Gasteiger partial charge on any atom is -0.481 e. The van der Waals surface area contributed by atoms with E-state index in [0.29, 0.717) is 4.47 Å². The molecule has 7 nitrogen and oxygen atoms in total. The minimum absolute atomic E-state index is 0.250. The van der Waals surface area contributed by atoms with Crippen molar-refractivity contribution in [1.82, 2.24) is 5.32 Å². The van der Waals surface area contributed by atoms with Gasteiger partial charge < -0.3 is 20.8 Å². The molecule has 108 valence electrons. The van der Waals surface area contributed by atoms with E-state index in [4.69, 9.17) is 21.8 Å². The lowest BCUT2D eigenvalue weighted by atomic mass is 10.2. The van der Waals surface area contributed by atoms with Gasteiger partial charge in [0.25, 0.3) is 0 Å². The summed E-state index contributed by atoms with van der Waals surface area (Å²) >= 11 is 9.07. The van der Waals surface area contributed by atoms with Crippen LogP contribution in [0.2, 0.25) is 5.02 Å². The number of halogens is 2. The van der Waals surface area contributed by atoms with Gasteiger partial charge in [0, 0.05) is 4.47 Å². The largest absolute Gasteiger partial charge is 0.481 e. The van der Waals surface area contributed by atoms with Gasteiger partial charge in [-0.05, 0) is 18.2 Å². The second-order valence-corrected chi connectivity index (χ2v) is 5.03. The van der Waals surface area contributed by atoms with Crippen LogP contribution in [0.1, 0.15) is 6.42 Å². The zero-order valence-electron chi connectivity index (χ0n) is 9.89. The lowest BCUT2D eigenvalue weighted by Gasteiger charge is -2.14. The van der Waals surface area contributed by atoms with Crippen molar-refractivity contribution in [3.63, 3.8) is 0 Å². The number of carbonyl (C=O) groups excluding carboxylic acids is 1. The molecule has 0 aliphatic heterocycles. The fourth-order valence-electron chi connectivity index (χ4n) is 1.28. The van der Waals surface area contributed by atoms with Crippen molar-refractivity contribution < 1.29 is 24.6 Å². The van der Waals surface area contributed by atoms with Crippen LogP contribution < -0.4 is 10.6 Å². The van der Waals surface area contributed by atoms with Crippen molar-refractivity contribution in [2.45, 2.75) is 12.5 Å². The van der Waals surface area contributed by atoms with Crippen LogP contribution in [0.25, 0.3) is 0 Å². The molecule has 0 heterocycles. The number of carbonyl (C=O) groups is 3. The van der Waals surface area contributed by atoms with Crippen LogP contribution in [0.4, 0.5) is 10.5 Å². The summed E-state index contributed by atoms with van der Waals surface area (Å²) in [5.74, 6) is -2.77. The van der Waals surface area contributed by atoms with Gasteiger partial charge in [0.2, 0.25) is 0 Å². The number of rotatable bonds is 5. The van der Waals surface area contributed by atoms with E-state index >= 15 is 0 Å². The number of hydrogen-bond donors (Lipinski definition) is 4. The van der Waals surface area contributed by atoms with Crippen LogP contribution in [0.5, 0.6) is 0 Å². The Labute approximate surface area is 127 Å². The lowest BCUT2D eigenvalue weighted by molar-refractivity contribution is -0.145. The maximum absolute atomic E-state index is 11.6. The third kappa shape index (κ3) is 5.06. The Morgan fingerprint density at radius 1 is 1.30 bits per heavy atom. The van der Waals surface area contributed by atoms with Gasteiger partial charge >= 0.3 is 18.0 Å². The maximum Gasteiger partial charge on any atom is 0.326 e. The second-order valence-electron chi connectivity index (χ2n) is 3.71. The Kier molecular flexibility index (Phi) is 5.78. The number of nitrogens with one attached hydrogen (secondary N) is 2. The average molecular weight is 366 g/mol. The third-order valence-corrected chi connectivity index (χ3v) is 2.97. The molecule has 20 heavy (non-hydrogen) atoms. The van der Waals surface area contributed by atoms with E-state index in [-0.39, 0.29) is 10.7 Å². The summed E-state index contributed by atoms with van der Waals surface area (Å²) in [4.78, 5) is 32.9. The minimum atomic E-state index is -1.53. The molecule has 0 aromatic heterocycles. The Bertz CT molecular complexity index is 552. The Morgan fingerprint density at radius 2 is 1.95 bits per heavy atom. The Balaban J connectivity index is 2.70.